The summed E-state index contributed by atoms with van der Waals surface area (Å²) in [4.78, 5) is 11.9. The molecule has 0 radical (unpaired) electrons. The van der Waals surface area contributed by atoms with Crippen molar-refractivity contribution in [1.29, 1.82) is 0 Å². The van der Waals surface area contributed by atoms with Crippen LogP contribution < -0.4 is 10.2 Å². The molecule has 0 aliphatic carbocycles. The van der Waals surface area contributed by atoms with Crippen molar-refractivity contribution in [3.8, 4) is 11.4 Å². The van der Waals surface area contributed by atoms with Gasteiger partial charge in [-0.1, -0.05) is 41.9 Å². The van der Waals surface area contributed by atoms with Gasteiger partial charge in [-0.05, 0) is 43.7 Å². The summed E-state index contributed by atoms with van der Waals surface area (Å²) >= 11 is 6.41. The average Bonchev–Trinajstić information content (AvgIpc) is 2.95. The topological polar surface area (TPSA) is 68.5 Å². The number of aromatic nitrogens is 2. The SMILES string of the molecule is Cc1cccc(OCC(=O)N/N=C/c2c(C)nn(-c3ccccc3)c2Cl)c1. The van der Waals surface area contributed by atoms with Crippen molar-refractivity contribution in [3.63, 3.8) is 0 Å². The second kappa shape index (κ2) is 8.51. The number of hydrazone groups is 1. The largest absolute Gasteiger partial charge is 0.484 e. The van der Waals surface area contributed by atoms with Crippen molar-refractivity contribution in [2.45, 2.75) is 13.8 Å². The first-order valence-corrected chi connectivity index (χ1v) is 8.74. The molecule has 0 saturated carbocycles. The van der Waals surface area contributed by atoms with Gasteiger partial charge in [0.1, 0.15) is 10.9 Å². The van der Waals surface area contributed by atoms with Gasteiger partial charge >= 0.3 is 0 Å². The number of ether oxygens (including phenoxy) is 1. The van der Waals surface area contributed by atoms with E-state index in [2.05, 4.69) is 15.6 Å². The Bertz CT molecular complexity index is 967. The molecule has 0 unspecified atom stereocenters. The summed E-state index contributed by atoms with van der Waals surface area (Å²) in [6.07, 6.45) is 1.48. The molecule has 3 rings (SSSR count). The second-order valence-corrected chi connectivity index (χ2v) is 6.29. The van der Waals surface area contributed by atoms with Crippen LogP contribution in [-0.4, -0.2) is 28.5 Å². The van der Waals surface area contributed by atoms with E-state index in [-0.39, 0.29) is 12.5 Å². The molecular formula is C20H19ClN4O2. The molecule has 1 amide bonds. The van der Waals surface area contributed by atoms with Gasteiger partial charge in [-0.3, -0.25) is 4.79 Å². The molecular weight excluding hydrogens is 364 g/mol. The van der Waals surface area contributed by atoms with E-state index in [4.69, 9.17) is 16.3 Å². The Kier molecular flexibility index (Phi) is 5.88. The molecule has 0 spiro atoms. The van der Waals surface area contributed by atoms with Gasteiger partial charge in [-0.15, -0.1) is 0 Å². The molecule has 1 N–H and O–H groups in total. The van der Waals surface area contributed by atoms with Crippen molar-refractivity contribution < 1.29 is 9.53 Å². The van der Waals surface area contributed by atoms with E-state index >= 15 is 0 Å². The first-order chi connectivity index (χ1) is 13.0. The standard InChI is InChI=1S/C20H19ClN4O2/c1-14-7-6-10-17(11-14)27-13-19(26)23-22-12-18-15(2)24-25(20(18)21)16-8-4-3-5-9-16/h3-12H,13H2,1-2H3,(H,23,26)/b22-12+. The van der Waals surface area contributed by atoms with Gasteiger partial charge in [0, 0.05) is 0 Å². The van der Waals surface area contributed by atoms with Gasteiger partial charge < -0.3 is 4.74 Å². The second-order valence-electron chi connectivity index (χ2n) is 5.94. The molecule has 2 aromatic carbocycles. The predicted octanol–water partition coefficient (Wildman–Crippen LogP) is 3.67. The predicted molar refractivity (Wildman–Crippen MR) is 106 cm³/mol. The Morgan fingerprint density at radius 2 is 2.00 bits per heavy atom. The number of aryl methyl sites for hydroxylation is 2. The molecule has 6 nitrogen and oxygen atoms in total. The summed E-state index contributed by atoms with van der Waals surface area (Å²) in [5.41, 5.74) is 5.68. The van der Waals surface area contributed by atoms with Crippen LogP contribution in [0.15, 0.2) is 59.7 Å². The molecule has 0 saturated heterocycles. The van der Waals surface area contributed by atoms with Crippen LogP contribution in [0.3, 0.4) is 0 Å². The third kappa shape index (κ3) is 4.74. The van der Waals surface area contributed by atoms with Crippen LogP contribution in [-0.2, 0) is 4.79 Å². The average molecular weight is 383 g/mol. The lowest BCUT2D eigenvalue weighted by Crippen LogP contribution is -2.24. The summed E-state index contributed by atoms with van der Waals surface area (Å²) in [5.74, 6) is 0.272. The van der Waals surface area contributed by atoms with Crippen molar-refractivity contribution in [2.24, 2.45) is 5.10 Å². The number of nitrogens with one attached hydrogen (secondary N) is 1. The number of carbonyl (C=O) groups is 1. The van der Waals surface area contributed by atoms with Crippen molar-refractivity contribution in [2.75, 3.05) is 6.61 Å². The summed E-state index contributed by atoms with van der Waals surface area (Å²) in [6.45, 7) is 3.66. The number of halogens is 1. The monoisotopic (exact) mass is 382 g/mol. The molecule has 0 aliphatic heterocycles. The summed E-state index contributed by atoms with van der Waals surface area (Å²) < 4.78 is 7.06. The van der Waals surface area contributed by atoms with E-state index in [1.54, 1.807) is 10.7 Å². The van der Waals surface area contributed by atoms with Crippen LogP contribution >= 0.6 is 11.6 Å². The van der Waals surface area contributed by atoms with Gasteiger partial charge in [0.05, 0.1) is 23.2 Å². The zero-order valence-electron chi connectivity index (χ0n) is 15.0. The summed E-state index contributed by atoms with van der Waals surface area (Å²) in [7, 11) is 0. The zero-order valence-corrected chi connectivity index (χ0v) is 15.8. The lowest BCUT2D eigenvalue weighted by atomic mass is 10.2. The van der Waals surface area contributed by atoms with Crippen molar-refractivity contribution in [1.82, 2.24) is 15.2 Å². The Hall–Kier alpha value is -3.12. The van der Waals surface area contributed by atoms with Gasteiger partial charge in [0.2, 0.25) is 0 Å². The molecule has 27 heavy (non-hydrogen) atoms. The van der Waals surface area contributed by atoms with E-state index in [1.807, 2.05) is 62.4 Å². The van der Waals surface area contributed by atoms with E-state index in [0.29, 0.717) is 22.2 Å². The van der Waals surface area contributed by atoms with Crippen LogP contribution in [0.5, 0.6) is 5.75 Å². The number of rotatable bonds is 6. The number of amides is 1. The maximum atomic E-state index is 11.9. The highest BCUT2D eigenvalue weighted by molar-refractivity contribution is 6.32. The molecule has 1 heterocycles. The number of nitrogens with zero attached hydrogens (tertiary/aromatic N) is 3. The first kappa shape index (κ1) is 18.7. The fourth-order valence-electron chi connectivity index (χ4n) is 2.45. The van der Waals surface area contributed by atoms with Crippen LogP contribution in [0, 0.1) is 13.8 Å². The third-order valence-electron chi connectivity index (χ3n) is 3.79. The number of benzene rings is 2. The fourth-order valence-corrected chi connectivity index (χ4v) is 2.77. The minimum Gasteiger partial charge on any atom is -0.484 e. The Morgan fingerprint density at radius 3 is 2.74 bits per heavy atom. The van der Waals surface area contributed by atoms with Crippen LogP contribution in [0.25, 0.3) is 5.69 Å². The molecule has 0 aliphatic rings. The Labute approximate surface area is 162 Å². The molecule has 0 fully saturated rings. The minimum atomic E-state index is -0.364. The van der Waals surface area contributed by atoms with E-state index in [0.717, 1.165) is 11.3 Å². The van der Waals surface area contributed by atoms with Gasteiger partial charge in [-0.25, -0.2) is 10.1 Å². The molecule has 1 aromatic heterocycles. The minimum absolute atomic E-state index is 0.128. The molecule has 138 valence electrons. The lowest BCUT2D eigenvalue weighted by Gasteiger charge is -2.05. The Morgan fingerprint density at radius 1 is 1.22 bits per heavy atom. The molecule has 0 atom stereocenters. The van der Waals surface area contributed by atoms with Crippen LogP contribution in [0.2, 0.25) is 5.15 Å². The van der Waals surface area contributed by atoms with Crippen LogP contribution in [0.4, 0.5) is 0 Å². The van der Waals surface area contributed by atoms with E-state index in [1.165, 1.54) is 6.21 Å². The summed E-state index contributed by atoms with van der Waals surface area (Å²) in [6, 6.07) is 17.0. The number of para-hydroxylation sites is 1. The highest BCUT2D eigenvalue weighted by Crippen LogP contribution is 2.21. The summed E-state index contributed by atoms with van der Waals surface area (Å²) in [5, 5.41) is 8.80. The van der Waals surface area contributed by atoms with Crippen LogP contribution in [0.1, 0.15) is 16.8 Å². The highest BCUT2D eigenvalue weighted by atomic mass is 35.5. The maximum Gasteiger partial charge on any atom is 0.277 e. The maximum absolute atomic E-state index is 11.9. The van der Waals surface area contributed by atoms with Gasteiger partial charge in [-0.2, -0.15) is 10.2 Å². The van der Waals surface area contributed by atoms with Gasteiger partial charge in [0.15, 0.2) is 6.61 Å². The smallest absolute Gasteiger partial charge is 0.277 e. The highest BCUT2D eigenvalue weighted by Gasteiger charge is 2.13. The quantitative estimate of drug-likeness (QED) is 0.522. The number of carbonyl (C=O) groups excluding carboxylic acids is 1. The Balaban J connectivity index is 1.61. The van der Waals surface area contributed by atoms with E-state index < -0.39 is 0 Å². The molecule has 7 heteroatoms. The lowest BCUT2D eigenvalue weighted by molar-refractivity contribution is -0.123. The fraction of sp³-hybridized carbons (Fsp3) is 0.150. The van der Waals surface area contributed by atoms with Crippen molar-refractivity contribution in [3.05, 3.63) is 76.6 Å². The van der Waals surface area contributed by atoms with E-state index in [9.17, 15) is 4.79 Å². The zero-order chi connectivity index (χ0) is 19.2. The van der Waals surface area contributed by atoms with Gasteiger partial charge in [0.25, 0.3) is 5.91 Å². The van der Waals surface area contributed by atoms with Crippen molar-refractivity contribution >= 4 is 23.7 Å². The third-order valence-corrected chi connectivity index (χ3v) is 4.15. The first-order valence-electron chi connectivity index (χ1n) is 8.36. The number of hydrogen-bond acceptors (Lipinski definition) is 4. The molecule has 0 bridgehead atoms. The number of hydrogen-bond donors (Lipinski definition) is 1. The normalized spacial score (nSPS) is 10.9. The molecule has 3 aromatic rings.